The van der Waals surface area contributed by atoms with E-state index >= 15 is 0 Å². The summed E-state index contributed by atoms with van der Waals surface area (Å²) in [4.78, 5) is 0. The first-order chi connectivity index (χ1) is 8.70. The first-order valence-electron chi connectivity index (χ1n) is 5.55. The Morgan fingerprint density at radius 3 is 2.50 bits per heavy atom. The highest BCUT2D eigenvalue weighted by atomic mass is 35.5. The van der Waals surface area contributed by atoms with Crippen molar-refractivity contribution < 1.29 is 9.47 Å². The van der Waals surface area contributed by atoms with Gasteiger partial charge in [-0.2, -0.15) is 0 Å². The summed E-state index contributed by atoms with van der Waals surface area (Å²) in [5, 5.41) is 0.871. The van der Waals surface area contributed by atoms with Crippen LogP contribution in [0.4, 0.5) is 0 Å². The van der Waals surface area contributed by atoms with Gasteiger partial charge in [-0.05, 0) is 31.2 Å². The van der Waals surface area contributed by atoms with Crippen LogP contribution in [-0.2, 0) is 0 Å². The second-order valence-electron chi connectivity index (χ2n) is 3.56. The van der Waals surface area contributed by atoms with Gasteiger partial charge in [-0.1, -0.05) is 35.3 Å². The third kappa shape index (κ3) is 3.09. The molecule has 0 spiro atoms. The topological polar surface area (TPSA) is 18.5 Å². The molecule has 0 aromatic heterocycles. The number of ether oxygens (including phenoxy) is 2. The van der Waals surface area contributed by atoms with E-state index in [-0.39, 0.29) is 0 Å². The molecule has 18 heavy (non-hydrogen) atoms. The van der Waals surface area contributed by atoms with E-state index in [0.29, 0.717) is 28.2 Å². The maximum absolute atomic E-state index is 6.06. The second kappa shape index (κ2) is 5.98. The van der Waals surface area contributed by atoms with Gasteiger partial charge < -0.3 is 9.47 Å². The molecule has 0 aliphatic rings. The Morgan fingerprint density at radius 2 is 1.72 bits per heavy atom. The van der Waals surface area contributed by atoms with Crippen molar-refractivity contribution in [1.82, 2.24) is 0 Å². The lowest BCUT2D eigenvalue weighted by atomic mass is 10.3. The lowest BCUT2D eigenvalue weighted by molar-refractivity contribution is 0.338. The Kier molecular flexibility index (Phi) is 4.34. The van der Waals surface area contributed by atoms with Crippen LogP contribution in [-0.4, -0.2) is 6.61 Å². The van der Waals surface area contributed by atoms with Gasteiger partial charge in [0, 0.05) is 6.07 Å². The Bertz CT molecular complexity index is 541. The van der Waals surface area contributed by atoms with Gasteiger partial charge >= 0.3 is 0 Å². The predicted octanol–water partition coefficient (Wildman–Crippen LogP) is 5.18. The minimum absolute atomic E-state index is 0.404. The van der Waals surface area contributed by atoms with Gasteiger partial charge in [0.1, 0.15) is 22.3 Å². The third-order valence-corrected chi connectivity index (χ3v) is 3.06. The molecule has 4 heteroatoms. The van der Waals surface area contributed by atoms with Crippen LogP contribution < -0.4 is 9.47 Å². The average Bonchev–Trinajstić information content (AvgIpc) is 2.36. The summed E-state index contributed by atoms with van der Waals surface area (Å²) in [5.41, 5.74) is 0. The Balaban J connectivity index is 2.23. The molecule has 0 unspecified atom stereocenters. The Labute approximate surface area is 116 Å². The molecular formula is C14H12Cl2O2. The van der Waals surface area contributed by atoms with Crippen molar-refractivity contribution in [2.45, 2.75) is 6.92 Å². The lowest BCUT2D eigenvalue weighted by Crippen LogP contribution is -1.92. The summed E-state index contributed by atoms with van der Waals surface area (Å²) < 4.78 is 11.1. The zero-order chi connectivity index (χ0) is 13.0. The van der Waals surface area contributed by atoms with Crippen LogP contribution in [0.5, 0.6) is 17.2 Å². The van der Waals surface area contributed by atoms with Crippen molar-refractivity contribution in [2.75, 3.05) is 6.61 Å². The quantitative estimate of drug-likeness (QED) is 0.769. The van der Waals surface area contributed by atoms with Crippen LogP contribution in [0.3, 0.4) is 0 Å². The minimum Gasteiger partial charge on any atom is -0.494 e. The van der Waals surface area contributed by atoms with E-state index < -0.39 is 0 Å². The van der Waals surface area contributed by atoms with Crippen LogP contribution in [0.1, 0.15) is 6.92 Å². The molecule has 0 heterocycles. The summed E-state index contributed by atoms with van der Waals surface area (Å²) in [6.45, 7) is 2.54. The summed E-state index contributed by atoms with van der Waals surface area (Å²) in [6.07, 6.45) is 0. The molecule has 0 fully saturated rings. The minimum atomic E-state index is 0.404. The standard InChI is InChI=1S/C14H12Cl2O2/c1-2-17-10-5-3-6-11(9-10)18-13-8-4-7-12(15)14(13)16/h3-9H,2H2,1H3. The summed E-state index contributed by atoms with van der Waals surface area (Å²) in [5.74, 6) is 1.94. The molecule has 0 aliphatic heterocycles. The largest absolute Gasteiger partial charge is 0.494 e. The van der Waals surface area contributed by atoms with Crippen LogP contribution in [0.15, 0.2) is 42.5 Å². The van der Waals surface area contributed by atoms with Crippen molar-refractivity contribution in [1.29, 1.82) is 0 Å². The molecule has 0 aliphatic carbocycles. The second-order valence-corrected chi connectivity index (χ2v) is 4.35. The maximum atomic E-state index is 6.06. The summed E-state index contributed by atoms with van der Waals surface area (Å²) in [6, 6.07) is 12.6. The monoisotopic (exact) mass is 282 g/mol. The smallest absolute Gasteiger partial charge is 0.147 e. The van der Waals surface area contributed by atoms with Crippen LogP contribution >= 0.6 is 23.2 Å². The van der Waals surface area contributed by atoms with Gasteiger partial charge in [0.25, 0.3) is 0 Å². The van der Waals surface area contributed by atoms with Gasteiger partial charge in [0.15, 0.2) is 0 Å². The third-order valence-electron chi connectivity index (χ3n) is 2.26. The average molecular weight is 283 g/mol. The van der Waals surface area contributed by atoms with Crippen molar-refractivity contribution in [3.8, 4) is 17.2 Å². The molecule has 0 radical (unpaired) electrons. The van der Waals surface area contributed by atoms with E-state index in [1.54, 1.807) is 24.3 Å². The molecule has 2 rings (SSSR count). The lowest BCUT2D eigenvalue weighted by Gasteiger charge is -2.10. The number of halogens is 2. The molecule has 0 saturated heterocycles. The molecule has 2 aromatic carbocycles. The van der Waals surface area contributed by atoms with Gasteiger partial charge in [0.05, 0.1) is 11.6 Å². The van der Waals surface area contributed by atoms with Crippen LogP contribution in [0.2, 0.25) is 10.0 Å². The fourth-order valence-electron chi connectivity index (χ4n) is 1.48. The highest BCUT2D eigenvalue weighted by molar-refractivity contribution is 6.42. The predicted molar refractivity (Wildman–Crippen MR) is 74.1 cm³/mol. The molecule has 0 N–H and O–H groups in total. The van der Waals surface area contributed by atoms with Gasteiger partial charge in [-0.15, -0.1) is 0 Å². The fourth-order valence-corrected chi connectivity index (χ4v) is 1.81. The molecule has 0 bridgehead atoms. The van der Waals surface area contributed by atoms with Gasteiger partial charge in [-0.25, -0.2) is 0 Å². The molecule has 0 saturated carbocycles. The molecule has 2 aromatic rings. The first-order valence-corrected chi connectivity index (χ1v) is 6.31. The Hall–Kier alpha value is -1.38. The van der Waals surface area contributed by atoms with E-state index in [4.69, 9.17) is 32.7 Å². The molecule has 94 valence electrons. The van der Waals surface area contributed by atoms with Crippen molar-refractivity contribution in [3.63, 3.8) is 0 Å². The zero-order valence-corrected chi connectivity index (χ0v) is 11.3. The molecular weight excluding hydrogens is 271 g/mol. The molecule has 2 nitrogen and oxygen atoms in total. The van der Waals surface area contributed by atoms with E-state index in [1.807, 2.05) is 25.1 Å². The highest BCUT2D eigenvalue weighted by Crippen LogP contribution is 2.35. The van der Waals surface area contributed by atoms with Gasteiger partial charge in [0.2, 0.25) is 0 Å². The number of benzene rings is 2. The number of rotatable bonds is 4. The fraction of sp³-hybridized carbons (Fsp3) is 0.143. The van der Waals surface area contributed by atoms with Crippen molar-refractivity contribution in [3.05, 3.63) is 52.5 Å². The molecule has 0 amide bonds. The molecule has 0 atom stereocenters. The van der Waals surface area contributed by atoms with Gasteiger partial charge in [-0.3, -0.25) is 0 Å². The van der Waals surface area contributed by atoms with Crippen LogP contribution in [0.25, 0.3) is 0 Å². The van der Waals surface area contributed by atoms with E-state index in [9.17, 15) is 0 Å². The SMILES string of the molecule is CCOc1cccc(Oc2cccc(Cl)c2Cl)c1. The van der Waals surface area contributed by atoms with E-state index in [1.165, 1.54) is 0 Å². The van der Waals surface area contributed by atoms with E-state index in [2.05, 4.69) is 0 Å². The summed E-state index contributed by atoms with van der Waals surface area (Å²) >= 11 is 12.0. The van der Waals surface area contributed by atoms with Crippen molar-refractivity contribution in [2.24, 2.45) is 0 Å². The normalized spacial score (nSPS) is 10.2. The van der Waals surface area contributed by atoms with Crippen molar-refractivity contribution >= 4 is 23.2 Å². The van der Waals surface area contributed by atoms with Crippen LogP contribution in [0, 0.1) is 0 Å². The Morgan fingerprint density at radius 1 is 1.00 bits per heavy atom. The number of hydrogen-bond donors (Lipinski definition) is 0. The highest BCUT2D eigenvalue weighted by Gasteiger charge is 2.07. The zero-order valence-electron chi connectivity index (χ0n) is 9.82. The first kappa shape index (κ1) is 13.1. The maximum Gasteiger partial charge on any atom is 0.147 e. The van der Waals surface area contributed by atoms with E-state index in [0.717, 1.165) is 5.75 Å². The summed E-state index contributed by atoms with van der Waals surface area (Å²) in [7, 11) is 0. The number of hydrogen-bond acceptors (Lipinski definition) is 2.